The van der Waals surface area contributed by atoms with Crippen LogP contribution < -0.4 is 9.80 Å². The molecule has 1 amide bonds. The van der Waals surface area contributed by atoms with Gasteiger partial charge in [0.2, 0.25) is 5.95 Å². The van der Waals surface area contributed by atoms with Crippen LogP contribution in [0.25, 0.3) is 0 Å². The average molecular weight is 396 g/mol. The molecule has 0 saturated carbocycles. The molecule has 2 aliphatic heterocycles. The van der Waals surface area contributed by atoms with E-state index in [1.807, 2.05) is 49.6 Å². The lowest BCUT2D eigenvalue weighted by molar-refractivity contribution is 0.0862. The number of anilines is 2. The normalized spacial score (nSPS) is 17.4. The van der Waals surface area contributed by atoms with E-state index >= 15 is 0 Å². The zero-order valence-electron chi connectivity index (χ0n) is 17.0. The summed E-state index contributed by atoms with van der Waals surface area (Å²) in [6, 6.07) is 12.0. The Labute approximate surface area is 172 Å². The van der Waals surface area contributed by atoms with E-state index in [1.165, 1.54) is 12.8 Å². The van der Waals surface area contributed by atoms with E-state index in [-0.39, 0.29) is 12.1 Å². The third-order valence-electron chi connectivity index (χ3n) is 5.85. The highest BCUT2D eigenvalue weighted by Gasteiger charge is 2.27. The number of nitrogens with zero attached hydrogens (tertiary/aromatic N) is 5. The maximum atomic E-state index is 12.4. The Morgan fingerprint density at radius 1 is 1.07 bits per heavy atom. The zero-order valence-corrected chi connectivity index (χ0v) is 17.0. The lowest BCUT2D eigenvalue weighted by atomic mass is 10.0. The van der Waals surface area contributed by atoms with Gasteiger partial charge < -0.3 is 19.4 Å². The predicted molar refractivity (Wildman–Crippen MR) is 113 cm³/mol. The number of benzene rings is 1. The minimum Gasteiger partial charge on any atom is -0.445 e. The van der Waals surface area contributed by atoms with Crippen LogP contribution >= 0.6 is 0 Å². The molecule has 0 bridgehead atoms. The molecular formula is C22H29N5O2. The van der Waals surface area contributed by atoms with Crippen LogP contribution in [0, 0.1) is 0 Å². The maximum absolute atomic E-state index is 12.4. The van der Waals surface area contributed by atoms with Crippen molar-refractivity contribution in [2.45, 2.75) is 38.3 Å². The van der Waals surface area contributed by atoms with Crippen molar-refractivity contribution < 1.29 is 9.53 Å². The van der Waals surface area contributed by atoms with Gasteiger partial charge >= 0.3 is 6.09 Å². The molecule has 0 N–H and O–H groups in total. The van der Waals surface area contributed by atoms with Crippen LogP contribution in [-0.2, 0) is 11.3 Å². The fraction of sp³-hybridized carbons (Fsp3) is 0.500. The van der Waals surface area contributed by atoms with Crippen molar-refractivity contribution in [1.29, 1.82) is 0 Å². The first-order chi connectivity index (χ1) is 14.2. The molecule has 2 saturated heterocycles. The first-order valence-corrected chi connectivity index (χ1v) is 10.5. The summed E-state index contributed by atoms with van der Waals surface area (Å²) in [6.07, 6.45) is 5.83. The van der Waals surface area contributed by atoms with Crippen molar-refractivity contribution in [1.82, 2.24) is 14.9 Å². The van der Waals surface area contributed by atoms with Crippen LogP contribution in [0.4, 0.5) is 16.6 Å². The van der Waals surface area contributed by atoms with E-state index in [0.717, 1.165) is 56.4 Å². The van der Waals surface area contributed by atoms with Crippen molar-refractivity contribution in [2.75, 3.05) is 43.0 Å². The minimum atomic E-state index is -0.259. The summed E-state index contributed by atoms with van der Waals surface area (Å²) in [5.41, 5.74) is 1.00. The maximum Gasteiger partial charge on any atom is 0.410 e. The van der Waals surface area contributed by atoms with Crippen LogP contribution in [0.1, 0.15) is 31.2 Å². The standard InChI is InChI=1S/C22H29N5O2/c1-25(22(28)29-17-18-7-3-2-4-8-18)19-10-15-26(16-11-19)20-9-12-23-21(24-20)27-13-5-6-14-27/h2-4,7-9,12,19H,5-6,10-11,13-17H2,1H3. The molecule has 2 aromatic rings. The summed E-state index contributed by atoms with van der Waals surface area (Å²) in [5, 5.41) is 0. The molecule has 154 valence electrons. The largest absolute Gasteiger partial charge is 0.445 e. The molecule has 1 aromatic heterocycles. The number of carbonyl (C=O) groups excluding carboxylic acids is 1. The Hall–Kier alpha value is -2.83. The Bertz CT molecular complexity index is 802. The van der Waals surface area contributed by atoms with Gasteiger partial charge in [-0.25, -0.2) is 9.78 Å². The van der Waals surface area contributed by atoms with Crippen molar-refractivity contribution in [3.8, 4) is 0 Å². The monoisotopic (exact) mass is 395 g/mol. The summed E-state index contributed by atoms with van der Waals surface area (Å²) in [5.74, 6) is 1.82. The highest BCUT2D eigenvalue weighted by atomic mass is 16.6. The fourth-order valence-corrected chi connectivity index (χ4v) is 4.04. The van der Waals surface area contributed by atoms with Gasteiger partial charge in [0.1, 0.15) is 12.4 Å². The summed E-state index contributed by atoms with van der Waals surface area (Å²) in [7, 11) is 1.84. The summed E-state index contributed by atoms with van der Waals surface area (Å²) in [6.45, 7) is 4.14. The first kappa shape index (κ1) is 19.5. The predicted octanol–water partition coefficient (Wildman–Crippen LogP) is 3.31. The van der Waals surface area contributed by atoms with E-state index in [1.54, 1.807) is 4.90 Å². The second kappa shape index (κ2) is 9.11. The summed E-state index contributed by atoms with van der Waals surface area (Å²) in [4.78, 5) is 27.9. The molecule has 1 aromatic carbocycles. The highest BCUT2D eigenvalue weighted by Crippen LogP contribution is 2.23. The molecule has 4 rings (SSSR count). The number of aromatic nitrogens is 2. The van der Waals surface area contributed by atoms with Crippen molar-refractivity contribution >= 4 is 17.9 Å². The van der Waals surface area contributed by atoms with Crippen LogP contribution in [0.15, 0.2) is 42.6 Å². The molecule has 7 heteroatoms. The number of rotatable bonds is 5. The van der Waals surface area contributed by atoms with Crippen LogP contribution in [0.5, 0.6) is 0 Å². The Kier molecular flexibility index (Phi) is 6.12. The van der Waals surface area contributed by atoms with Crippen LogP contribution in [0.3, 0.4) is 0 Å². The van der Waals surface area contributed by atoms with E-state index < -0.39 is 0 Å². The van der Waals surface area contributed by atoms with Crippen molar-refractivity contribution in [2.24, 2.45) is 0 Å². The second-order valence-corrected chi connectivity index (χ2v) is 7.78. The highest BCUT2D eigenvalue weighted by molar-refractivity contribution is 5.67. The number of carbonyl (C=O) groups is 1. The van der Waals surface area contributed by atoms with Gasteiger partial charge in [0.15, 0.2) is 0 Å². The van der Waals surface area contributed by atoms with E-state index in [4.69, 9.17) is 9.72 Å². The molecule has 0 aliphatic carbocycles. The van der Waals surface area contributed by atoms with Gasteiger partial charge in [-0.15, -0.1) is 0 Å². The smallest absolute Gasteiger partial charge is 0.410 e. The number of ether oxygens (including phenoxy) is 1. The Morgan fingerprint density at radius 2 is 1.79 bits per heavy atom. The molecular weight excluding hydrogens is 366 g/mol. The number of piperidine rings is 1. The molecule has 7 nitrogen and oxygen atoms in total. The average Bonchev–Trinajstić information content (AvgIpc) is 3.33. The number of hydrogen-bond donors (Lipinski definition) is 0. The SMILES string of the molecule is CN(C(=O)OCc1ccccc1)C1CCN(c2ccnc(N3CCCC3)n2)CC1. The third-order valence-corrected chi connectivity index (χ3v) is 5.85. The lowest BCUT2D eigenvalue weighted by Gasteiger charge is -2.37. The van der Waals surface area contributed by atoms with Crippen molar-refractivity contribution in [3.63, 3.8) is 0 Å². The summed E-state index contributed by atoms with van der Waals surface area (Å²) >= 11 is 0. The Balaban J connectivity index is 1.28. The molecule has 0 unspecified atom stereocenters. The van der Waals surface area contributed by atoms with Gasteiger partial charge in [0, 0.05) is 45.5 Å². The molecule has 3 heterocycles. The first-order valence-electron chi connectivity index (χ1n) is 10.5. The van der Waals surface area contributed by atoms with Crippen molar-refractivity contribution in [3.05, 3.63) is 48.2 Å². The van der Waals surface area contributed by atoms with Gasteiger partial charge in [0.25, 0.3) is 0 Å². The van der Waals surface area contributed by atoms with Gasteiger partial charge in [-0.3, -0.25) is 0 Å². The Morgan fingerprint density at radius 3 is 2.52 bits per heavy atom. The van der Waals surface area contributed by atoms with Gasteiger partial charge in [-0.1, -0.05) is 30.3 Å². The molecule has 2 aliphatic rings. The van der Waals surface area contributed by atoms with Gasteiger partial charge in [-0.05, 0) is 37.3 Å². The van der Waals surface area contributed by atoms with E-state index in [9.17, 15) is 4.79 Å². The topological polar surface area (TPSA) is 61.8 Å². The van der Waals surface area contributed by atoms with Crippen LogP contribution in [0.2, 0.25) is 0 Å². The number of amides is 1. The quantitative estimate of drug-likeness (QED) is 0.774. The fourth-order valence-electron chi connectivity index (χ4n) is 4.04. The van der Waals surface area contributed by atoms with Gasteiger partial charge in [-0.2, -0.15) is 4.98 Å². The molecule has 29 heavy (non-hydrogen) atoms. The third kappa shape index (κ3) is 4.78. The molecule has 2 fully saturated rings. The molecule has 0 spiro atoms. The molecule has 0 radical (unpaired) electrons. The van der Waals surface area contributed by atoms with E-state index in [2.05, 4.69) is 14.8 Å². The zero-order chi connectivity index (χ0) is 20.1. The molecule has 0 atom stereocenters. The van der Waals surface area contributed by atoms with E-state index in [0.29, 0.717) is 6.61 Å². The lowest BCUT2D eigenvalue weighted by Crippen LogP contribution is -2.46. The minimum absolute atomic E-state index is 0.189. The van der Waals surface area contributed by atoms with Crippen LogP contribution in [-0.4, -0.2) is 60.2 Å². The number of hydrogen-bond acceptors (Lipinski definition) is 6. The van der Waals surface area contributed by atoms with Gasteiger partial charge in [0.05, 0.1) is 0 Å². The summed E-state index contributed by atoms with van der Waals surface area (Å²) < 4.78 is 5.47. The second-order valence-electron chi connectivity index (χ2n) is 7.78.